The maximum absolute atomic E-state index is 11.8. The Balaban J connectivity index is 2.42. The van der Waals surface area contributed by atoms with Crippen LogP contribution in [0.1, 0.15) is 13.3 Å². The first kappa shape index (κ1) is 15.1. The second-order valence-corrected chi connectivity index (χ2v) is 4.77. The lowest BCUT2D eigenvalue weighted by atomic mass is 10.3. The van der Waals surface area contributed by atoms with E-state index in [1.165, 1.54) is 0 Å². The summed E-state index contributed by atoms with van der Waals surface area (Å²) in [5.41, 5.74) is 0. The smallest absolute Gasteiger partial charge is 0.239 e. The zero-order chi connectivity index (χ0) is 13.4. The molecule has 0 spiro atoms. The molecule has 0 saturated carbocycles. The predicted molar refractivity (Wildman–Crippen MR) is 74.4 cm³/mol. The Kier molecular flexibility index (Phi) is 6.85. The molecule has 0 fully saturated rings. The Labute approximate surface area is 115 Å². The summed E-state index contributed by atoms with van der Waals surface area (Å²) in [5.74, 6) is 0.450. The van der Waals surface area contributed by atoms with Crippen LogP contribution in [0, 0.1) is 0 Å². The number of aliphatic hydroxyl groups excluding tert-OH is 1. The third-order valence-corrected chi connectivity index (χ3v) is 2.91. The molecule has 18 heavy (non-hydrogen) atoms. The number of carbonyl (C=O) groups is 1. The van der Waals surface area contributed by atoms with E-state index in [1.54, 1.807) is 12.3 Å². The summed E-state index contributed by atoms with van der Waals surface area (Å²) in [4.78, 5) is 17.8. The number of aliphatic hydroxyl groups is 1. The van der Waals surface area contributed by atoms with Gasteiger partial charge in [0.2, 0.25) is 5.91 Å². The molecule has 1 aromatic rings. The number of hydrogen-bond acceptors (Lipinski definition) is 4. The standard InChI is InChI=1S/C12H18BrN3O2/c1-2-16(6-3-7-17)9-12(18)15-11-5-4-10(13)8-14-11/h4-5,8,17H,2-3,6-7,9H2,1H3,(H,14,15,18). The number of nitrogens with one attached hydrogen (secondary N) is 1. The lowest BCUT2D eigenvalue weighted by Crippen LogP contribution is -2.34. The molecule has 1 aromatic heterocycles. The first-order valence-corrected chi connectivity index (χ1v) is 6.69. The van der Waals surface area contributed by atoms with Crippen molar-refractivity contribution in [3.05, 3.63) is 22.8 Å². The van der Waals surface area contributed by atoms with Crippen molar-refractivity contribution < 1.29 is 9.90 Å². The van der Waals surface area contributed by atoms with Crippen molar-refractivity contribution in [1.82, 2.24) is 9.88 Å². The van der Waals surface area contributed by atoms with Crippen LogP contribution in [0.5, 0.6) is 0 Å². The van der Waals surface area contributed by atoms with Gasteiger partial charge in [-0.15, -0.1) is 0 Å². The van der Waals surface area contributed by atoms with Gasteiger partial charge >= 0.3 is 0 Å². The molecule has 0 unspecified atom stereocenters. The van der Waals surface area contributed by atoms with Crippen LogP contribution in [0.3, 0.4) is 0 Å². The topological polar surface area (TPSA) is 65.5 Å². The molecule has 100 valence electrons. The highest BCUT2D eigenvalue weighted by Crippen LogP contribution is 2.10. The normalized spacial score (nSPS) is 10.7. The molecule has 2 N–H and O–H groups in total. The molecule has 5 nitrogen and oxygen atoms in total. The summed E-state index contributed by atoms with van der Waals surface area (Å²) in [6.45, 7) is 3.94. The van der Waals surface area contributed by atoms with E-state index in [2.05, 4.69) is 26.2 Å². The number of aromatic nitrogens is 1. The summed E-state index contributed by atoms with van der Waals surface area (Å²) in [6.07, 6.45) is 2.32. The van der Waals surface area contributed by atoms with Crippen LogP contribution in [0.2, 0.25) is 0 Å². The fourth-order valence-corrected chi connectivity index (χ4v) is 1.71. The van der Waals surface area contributed by atoms with Crippen molar-refractivity contribution in [3.8, 4) is 0 Å². The number of rotatable bonds is 7. The summed E-state index contributed by atoms with van der Waals surface area (Å²) >= 11 is 3.28. The van der Waals surface area contributed by atoms with Gasteiger partial charge in [0.15, 0.2) is 0 Å². The Morgan fingerprint density at radius 2 is 2.33 bits per heavy atom. The predicted octanol–water partition coefficient (Wildman–Crippen LogP) is 1.49. The number of carbonyl (C=O) groups excluding carboxylic acids is 1. The van der Waals surface area contributed by atoms with E-state index >= 15 is 0 Å². The van der Waals surface area contributed by atoms with Crippen molar-refractivity contribution in [2.24, 2.45) is 0 Å². The van der Waals surface area contributed by atoms with Gasteiger partial charge in [0.1, 0.15) is 5.82 Å². The van der Waals surface area contributed by atoms with E-state index in [1.807, 2.05) is 17.9 Å². The summed E-state index contributed by atoms with van der Waals surface area (Å²) < 4.78 is 0.874. The van der Waals surface area contributed by atoms with Crippen LogP contribution < -0.4 is 5.32 Å². The number of hydrogen-bond donors (Lipinski definition) is 2. The van der Waals surface area contributed by atoms with Gasteiger partial charge in [-0.25, -0.2) is 4.98 Å². The van der Waals surface area contributed by atoms with Gasteiger partial charge in [-0.2, -0.15) is 0 Å². The van der Waals surface area contributed by atoms with Gasteiger partial charge in [0, 0.05) is 23.8 Å². The molecule has 0 aliphatic rings. The number of pyridine rings is 1. The second-order valence-electron chi connectivity index (χ2n) is 3.86. The summed E-state index contributed by atoms with van der Waals surface area (Å²) in [7, 11) is 0. The zero-order valence-electron chi connectivity index (χ0n) is 10.4. The van der Waals surface area contributed by atoms with E-state index < -0.39 is 0 Å². The molecule has 0 aliphatic heterocycles. The van der Waals surface area contributed by atoms with Crippen LogP contribution in [-0.2, 0) is 4.79 Å². The lowest BCUT2D eigenvalue weighted by molar-refractivity contribution is -0.117. The first-order valence-electron chi connectivity index (χ1n) is 5.90. The fourth-order valence-electron chi connectivity index (χ4n) is 1.48. The molecule has 1 heterocycles. The highest BCUT2D eigenvalue weighted by atomic mass is 79.9. The molecule has 1 amide bonds. The third-order valence-electron chi connectivity index (χ3n) is 2.44. The molecule has 0 atom stereocenters. The van der Waals surface area contributed by atoms with Crippen molar-refractivity contribution in [2.75, 3.05) is 31.6 Å². The number of anilines is 1. The molecule has 0 saturated heterocycles. The number of likely N-dealkylation sites (N-methyl/N-ethyl adjacent to an activating group) is 1. The average Bonchev–Trinajstić information content (AvgIpc) is 2.37. The van der Waals surface area contributed by atoms with Crippen LogP contribution in [0.15, 0.2) is 22.8 Å². The van der Waals surface area contributed by atoms with Crippen molar-refractivity contribution in [2.45, 2.75) is 13.3 Å². The second kappa shape index (κ2) is 8.18. The van der Waals surface area contributed by atoms with Gasteiger partial charge in [-0.1, -0.05) is 6.92 Å². The average molecular weight is 316 g/mol. The molecule has 0 aromatic carbocycles. The van der Waals surface area contributed by atoms with Crippen LogP contribution >= 0.6 is 15.9 Å². The highest BCUT2D eigenvalue weighted by molar-refractivity contribution is 9.10. The monoisotopic (exact) mass is 315 g/mol. The van der Waals surface area contributed by atoms with Gasteiger partial charge < -0.3 is 10.4 Å². The van der Waals surface area contributed by atoms with Crippen molar-refractivity contribution >= 4 is 27.7 Å². The Morgan fingerprint density at radius 3 is 2.89 bits per heavy atom. The SMILES string of the molecule is CCN(CCCO)CC(=O)Nc1ccc(Br)cn1. The Bertz CT molecular complexity index is 370. The molecular formula is C12H18BrN3O2. The van der Waals surface area contributed by atoms with E-state index in [4.69, 9.17) is 5.11 Å². The van der Waals surface area contributed by atoms with Crippen LogP contribution in [0.4, 0.5) is 5.82 Å². The molecule has 1 rings (SSSR count). The van der Waals surface area contributed by atoms with E-state index in [-0.39, 0.29) is 12.5 Å². The number of nitrogens with zero attached hydrogens (tertiary/aromatic N) is 2. The van der Waals surface area contributed by atoms with Crippen LogP contribution in [0.25, 0.3) is 0 Å². The van der Waals surface area contributed by atoms with Gasteiger partial charge in [0.05, 0.1) is 6.54 Å². The molecule has 0 aliphatic carbocycles. The molecular weight excluding hydrogens is 298 g/mol. The number of amides is 1. The van der Waals surface area contributed by atoms with Gasteiger partial charge in [-0.05, 0) is 41.0 Å². The first-order chi connectivity index (χ1) is 8.65. The van der Waals surface area contributed by atoms with Crippen LogP contribution in [-0.4, -0.2) is 47.1 Å². The van der Waals surface area contributed by atoms with E-state index in [0.717, 1.165) is 11.0 Å². The minimum Gasteiger partial charge on any atom is -0.396 e. The summed E-state index contributed by atoms with van der Waals surface area (Å²) in [5, 5.41) is 11.5. The van der Waals surface area contributed by atoms with Crippen molar-refractivity contribution in [3.63, 3.8) is 0 Å². The Morgan fingerprint density at radius 1 is 1.56 bits per heavy atom. The fraction of sp³-hybridized carbons (Fsp3) is 0.500. The number of halogens is 1. The van der Waals surface area contributed by atoms with Gasteiger partial charge in [-0.3, -0.25) is 9.69 Å². The van der Waals surface area contributed by atoms with E-state index in [9.17, 15) is 4.79 Å². The quantitative estimate of drug-likeness (QED) is 0.800. The Hall–Kier alpha value is -0.980. The maximum atomic E-state index is 11.8. The maximum Gasteiger partial charge on any atom is 0.239 e. The highest BCUT2D eigenvalue weighted by Gasteiger charge is 2.09. The lowest BCUT2D eigenvalue weighted by Gasteiger charge is -2.18. The van der Waals surface area contributed by atoms with E-state index in [0.29, 0.717) is 25.3 Å². The van der Waals surface area contributed by atoms with Gasteiger partial charge in [0.25, 0.3) is 0 Å². The summed E-state index contributed by atoms with van der Waals surface area (Å²) in [6, 6.07) is 3.57. The molecule has 6 heteroatoms. The molecule has 0 bridgehead atoms. The zero-order valence-corrected chi connectivity index (χ0v) is 12.0. The minimum absolute atomic E-state index is 0.0930. The molecule has 0 radical (unpaired) electrons. The largest absolute Gasteiger partial charge is 0.396 e. The van der Waals surface area contributed by atoms with Crippen molar-refractivity contribution in [1.29, 1.82) is 0 Å². The minimum atomic E-state index is -0.0930. The third kappa shape index (κ3) is 5.57.